The molecule has 0 unspecified atom stereocenters. The van der Waals surface area contributed by atoms with Crippen molar-refractivity contribution in [3.63, 3.8) is 0 Å². The maximum Gasteiger partial charge on any atom is 0.281 e. The van der Waals surface area contributed by atoms with E-state index >= 15 is 0 Å². The lowest BCUT2D eigenvalue weighted by Crippen LogP contribution is -2.19. The Bertz CT molecular complexity index is 1950. The van der Waals surface area contributed by atoms with Gasteiger partial charge in [-0.2, -0.15) is 0 Å². The Morgan fingerprint density at radius 1 is 0.738 bits per heavy atom. The number of nitrogens with one attached hydrogen (secondary N) is 4. The molecule has 210 valence electrons. The van der Waals surface area contributed by atoms with Gasteiger partial charge in [0.25, 0.3) is 16.8 Å². The van der Waals surface area contributed by atoms with E-state index < -0.39 is 22.0 Å². The molecule has 0 amide bonds. The van der Waals surface area contributed by atoms with Crippen LogP contribution in [-0.4, -0.2) is 25.3 Å². The van der Waals surface area contributed by atoms with Crippen molar-refractivity contribution < 1.29 is 9.34 Å². The van der Waals surface area contributed by atoms with Crippen molar-refractivity contribution in [2.45, 2.75) is 19.8 Å². The number of benzene rings is 3. The van der Waals surface area contributed by atoms with Gasteiger partial charge in [-0.15, -0.1) is 0 Å². The molecular formula is C31H24BrN5O5. The summed E-state index contributed by atoms with van der Waals surface area (Å²) in [7, 11) is 0. The summed E-state index contributed by atoms with van der Waals surface area (Å²) in [6, 6.07) is 23.2. The van der Waals surface area contributed by atoms with Gasteiger partial charge in [0.2, 0.25) is 0 Å². The van der Waals surface area contributed by atoms with E-state index in [1.54, 1.807) is 24.3 Å². The van der Waals surface area contributed by atoms with Crippen molar-refractivity contribution in [3.8, 4) is 33.8 Å². The van der Waals surface area contributed by atoms with Crippen LogP contribution in [-0.2, 0) is 0 Å². The molecule has 3 heterocycles. The zero-order valence-electron chi connectivity index (χ0n) is 22.4. The Kier molecular flexibility index (Phi) is 6.87. The molecule has 3 aromatic carbocycles. The molecule has 10 nitrogen and oxygen atoms in total. The van der Waals surface area contributed by atoms with Crippen LogP contribution < -0.4 is 11.1 Å². The van der Waals surface area contributed by atoms with Crippen LogP contribution in [0.25, 0.3) is 33.8 Å². The minimum absolute atomic E-state index is 0.151. The predicted octanol–water partition coefficient (Wildman–Crippen LogP) is 6.78. The molecule has 0 bridgehead atoms. The van der Waals surface area contributed by atoms with Crippen LogP contribution in [0.1, 0.15) is 33.9 Å². The van der Waals surface area contributed by atoms with E-state index in [1.165, 1.54) is 6.07 Å². The van der Waals surface area contributed by atoms with E-state index in [2.05, 4.69) is 36.3 Å². The molecule has 3 aromatic heterocycles. The first-order chi connectivity index (χ1) is 20.2. The quantitative estimate of drug-likeness (QED) is 0.114. The van der Waals surface area contributed by atoms with Crippen molar-refractivity contribution in [1.82, 2.24) is 20.4 Å². The van der Waals surface area contributed by atoms with E-state index in [4.69, 9.17) is 4.42 Å². The maximum atomic E-state index is 13.5. The number of aromatic amines is 4. The van der Waals surface area contributed by atoms with Gasteiger partial charge in [0.15, 0.2) is 0 Å². The normalized spacial score (nSPS) is 11.3. The van der Waals surface area contributed by atoms with Crippen molar-refractivity contribution in [1.29, 1.82) is 0 Å². The summed E-state index contributed by atoms with van der Waals surface area (Å²) in [5.41, 5.74) is 4.33. The van der Waals surface area contributed by atoms with Crippen LogP contribution in [0, 0.1) is 24.0 Å². The molecule has 6 rings (SSSR count). The molecule has 0 aliphatic rings. The topological polar surface area (TPSA) is 154 Å². The molecule has 11 heteroatoms. The summed E-state index contributed by atoms with van der Waals surface area (Å²) in [5, 5.41) is 23.2. The summed E-state index contributed by atoms with van der Waals surface area (Å²) < 4.78 is 6.83. The van der Waals surface area contributed by atoms with Gasteiger partial charge in [-0.1, -0.05) is 75.6 Å². The number of hydrogen-bond donors (Lipinski definition) is 4. The summed E-state index contributed by atoms with van der Waals surface area (Å²) in [6.45, 7) is 3.93. The number of nitro benzene ring substituents is 1. The number of halogens is 1. The summed E-state index contributed by atoms with van der Waals surface area (Å²) in [6.07, 6.45) is 0. The number of aryl methyl sites for hydroxylation is 2. The molecule has 42 heavy (non-hydrogen) atoms. The van der Waals surface area contributed by atoms with Crippen LogP contribution in [0.4, 0.5) is 5.69 Å². The number of nitro groups is 1. The zero-order valence-corrected chi connectivity index (χ0v) is 24.0. The Morgan fingerprint density at radius 2 is 1.26 bits per heavy atom. The highest BCUT2D eigenvalue weighted by Crippen LogP contribution is 2.41. The fourth-order valence-electron chi connectivity index (χ4n) is 5.13. The predicted molar refractivity (Wildman–Crippen MR) is 163 cm³/mol. The standard InChI is InChI=1S/C31H24BrN5O5/c1-16-3-7-18(8-4-16)28-26(30(38)35-33-28)25(27-29(34-36-31(27)39)19-9-5-17(2)6-10-19)24-14-13-23(42-24)21-12-11-20(32)15-22(21)37(40)41/h3-15,25H,1-2H3,(H2,33,35,38)(H2,34,36,39). The van der Waals surface area contributed by atoms with Gasteiger partial charge in [0, 0.05) is 10.5 Å². The zero-order chi connectivity index (χ0) is 29.5. The molecule has 0 aliphatic carbocycles. The smallest absolute Gasteiger partial charge is 0.281 e. The average molecular weight is 626 g/mol. The largest absolute Gasteiger partial charge is 0.460 e. The monoisotopic (exact) mass is 625 g/mol. The van der Waals surface area contributed by atoms with Crippen molar-refractivity contribution in [2.75, 3.05) is 0 Å². The second-order valence-corrected chi connectivity index (χ2v) is 10.9. The number of hydrogen-bond acceptors (Lipinski definition) is 5. The SMILES string of the molecule is Cc1ccc(-c2[nH][nH]c(=O)c2C(c2ccc(-c3ccc(Br)cc3[N+](=O)[O-])o2)c2c(-c3ccc(C)cc3)[nH][nH]c2=O)cc1. The molecule has 6 aromatic rings. The van der Waals surface area contributed by atoms with E-state index in [9.17, 15) is 19.7 Å². The van der Waals surface area contributed by atoms with E-state index in [-0.39, 0.29) is 33.9 Å². The Labute approximate surface area is 246 Å². The Hall–Kier alpha value is -5.16. The minimum atomic E-state index is -0.981. The fourth-order valence-corrected chi connectivity index (χ4v) is 5.48. The highest BCUT2D eigenvalue weighted by atomic mass is 79.9. The first kappa shape index (κ1) is 27.0. The summed E-state index contributed by atoms with van der Waals surface area (Å²) >= 11 is 3.28. The molecule has 0 spiro atoms. The minimum Gasteiger partial charge on any atom is -0.460 e. The number of H-pyrrole nitrogens is 4. The molecule has 0 radical (unpaired) electrons. The number of furan rings is 1. The third-order valence-corrected chi connectivity index (χ3v) is 7.71. The second-order valence-electron chi connectivity index (χ2n) is 10.0. The van der Waals surface area contributed by atoms with Crippen LogP contribution in [0.3, 0.4) is 0 Å². The van der Waals surface area contributed by atoms with Crippen LogP contribution in [0.5, 0.6) is 0 Å². The molecule has 0 atom stereocenters. The molecular weight excluding hydrogens is 602 g/mol. The number of nitrogens with zero attached hydrogens (tertiary/aromatic N) is 1. The lowest BCUT2D eigenvalue weighted by molar-refractivity contribution is -0.384. The Balaban J connectivity index is 1.60. The lowest BCUT2D eigenvalue weighted by atomic mass is 9.86. The van der Waals surface area contributed by atoms with Crippen LogP contribution >= 0.6 is 15.9 Å². The third-order valence-electron chi connectivity index (χ3n) is 7.22. The fraction of sp³-hybridized carbons (Fsp3) is 0.0968. The van der Waals surface area contributed by atoms with Crippen molar-refractivity contribution in [2.24, 2.45) is 0 Å². The first-order valence-corrected chi connectivity index (χ1v) is 13.8. The molecule has 0 saturated carbocycles. The summed E-state index contributed by atoms with van der Waals surface area (Å²) in [4.78, 5) is 38.4. The van der Waals surface area contributed by atoms with Gasteiger partial charge in [0.05, 0.1) is 38.9 Å². The first-order valence-electron chi connectivity index (χ1n) is 13.0. The van der Waals surface area contributed by atoms with E-state index in [0.717, 1.165) is 22.3 Å². The second kappa shape index (κ2) is 10.7. The molecule has 0 aliphatic heterocycles. The number of rotatable bonds is 7. The molecule has 0 saturated heterocycles. The van der Waals surface area contributed by atoms with Crippen molar-refractivity contribution >= 4 is 21.6 Å². The number of aromatic nitrogens is 4. The third kappa shape index (κ3) is 4.83. The van der Waals surface area contributed by atoms with Gasteiger partial charge < -0.3 is 4.42 Å². The summed E-state index contributed by atoms with van der Waals surface area (Å²) in [5.74, 6) is -0.494. The Morgan fingerprint density at radius 3 is 1.76 bits per heavy atom. The van der Waals surface area contributed by atoms with Gasteiger partial charge in [-0.3, -0.25) is 40.1 Å². The average Bonchev–Trinajstić information content (AvgIpc) is 3.70. The van der Waals surface area contributed by atoms with Crippen LogP contribution in [0.2, 0.25) is 0 Å². The molecule has 4 N–H and O–H groups in total. The van der Waals surface area contributed by atoms with E-state index in [1.807, 2.05) is 62.4 Å². The van der Waals surface area contributed by atoms with Gasteiger partial charge in [-0.25, -0.2) is 0 Å². The van der Waals surface area contributed by atoms with Gasteiger partial charge in [-0.05, 0) is 49.2 Å². The highest BCUT2D eigenvalue weighted by molar-refractivity contribution is 9.10. The van der Waals surface area contributed by atoms with Crippen LogP contribution in [0.15, 0.2) is 97.3 Å². The maximum absolute atomic E-state index is 13.5. The lowest BCUT2D eigenvalue weighted by Gasteiger charge is -2.15. The van der Waals surface area contributed by atoms with Gasteiger partial charge >= 0.3 is 0 Å². The van der Waals surface area contributed by atoms with Gasteiger partial charge in [0.1, 0.15) is 11.5 Å². The van der Waals surface area contributed by atoms with Crippen molar-refractivity contribution in [3.05, 3.63) is 142 Å². The highest BCUT2D eigenvalue weighted by Gasteiger charge is 2.34. The molecule has 0 fully saturated rings. The van der Waals surface area contributed by atoms with E-state index in [0.29, 0.717) is 15.9 Å².